The molecule has 12 heteroatoms. The van der Waals surface area contributed by atoms with E-state index in [2.05, 4.69) is 0 Å². The Hall–Kier alpha value is -2.67. The van der Waals surface area contributed by atoms with Crippen LogP contribution < -0.4 is 4.74 Å². The summed E-state index contributed by atoms with van der Waals surface area (Å²) >= 11 is 0. The highest BCUT2D eigenvalue weighted by atomic mass is 19.4. The Morgan fingerprint density at radius 2 is 1.74 bits per heavy atom. The normalized spacial score (nSPS) is 21.7. The van der Waals surface area contributed by atoms with E-state index in [4.69, 9.17) is 14.2 Å². The first-order chi connectivity index (χ1) is 19.8. The number of halogens is 3. The van der Waals surface area contributed by atoms with Gasteiger partial charge < -0.3 is 34.6 Å². The lowest BCUT2D eigenvalue weighted by Crippen LogP contribution is -2.33. The minimum absolute atomic E-state index is 0.0801. The number of carbonyl (C=O) groups is 2. The third kappa shape index (κ3) is 11.9. The zero-order chi connectivity index (χ0) is 31.3. The van der Waals surface area contributed by atoms with Gasteiger partial charge in [0, 0.05) is 6.42 Å². The number of aliphatic hydroxyl groups is 4. The molecule has 0 aliphatic heterocycles. The van der Waals surface area contributed by atoms with Crippen LogP contribution in [-0.4, -0.2) is 76.6 Å². The molecule has 1 saturated carbocycles. The molecule has 1 aromatic rings. The number of alkyl halides is 3. The highest BCUT2D eigenvalue weighted by Crippen LogP contribution is 2.39. The van der Waals surface area contributed by atoms with Crippen molar-refractivity contribution in [2.75, 3.05) is 19.8 Å². The van der Waals surface area contributed by atoms with E-state index in [1.165, 1.54) is 12.1 Å². The number of rotatable bonds is 17. The van der Waals surface area contributed by atoms with E-state index in [0.29, 0.717) is 32.1 Å². The van der Waals surface area contributed by atoms with Crippen LogP contribution in [0.4, 0.5) is 13.2 Å². The van der Waals surface area contributed by atoms with Crippen molar-refractivity contribution < 1.29 is 57.4 Å². The third-order valence-corrected chi connectivity index (χ3v) is 7.19. The molecular weight excluding hydrogens is 561 g/mol. The quantitative estimate of drug-likeness (QED) is 0.119. The summed E-state index contributed by atoms with van der Waals surface area (Å²) < 4.78 is 55.3. The average molecular weight is 605 g/mol. The lowest BCUT2D eigenvalue weighted by molar-refractivity contribution is -0.159. The van der Waals surface area contributed by atoms with Gasteiger partial charge in [0.2, 0.25) is 0 Å². The van der Waals surface area contributed by atoms with E-state index in [-0.39, 0.29) is 49.1 Å². The van der Waals surface area contributed by atoms with Crippen LogP contribution in [-0.2, 0) is 25.2 Å². The van der Waals surface area contributed by atoms with Crippen LogP contribution in [0.25, 0.3) is 0 Å². The predicted octanol–water partition coefficient (Wildman–Crippen LogP) is 3.80. The number of unbranched alkanes of at least 4 members (excludes halogenated alkanes) is 1. The van der Waals surface area contributed by atoms with Gasteiger partial charge in [0.1, 0.15) is 24.4 Å². The molecule has 0 radical (unpaired) electrons. The molecule has 0 bridgehead atoms. The molecule has 9 nitrogen and oxygen atoms in total. The Labute approximate surface area is 244 Å². The number of esters is 2. The summed E-state index contributed by atoms with van der Waals surface area (Å²) in [7, 11) is 0. The molecule has 0 saturated heterocycles. The van der Waals surface area contributed by atoms with Gasteiger partial charge in [-0.05, 0) is 82.4 Å². The minimum atomic E-state index is -4.57. The van der Waals surface area contributed by atoms with Crippen molar-refractivity contribution in [3.63, 3.8) is 0 Å². The average Bonchev–Trinajstić information content (AvgIpc) is 3.19. The van der Waals surface area contributed by atoms with Crippen molar-refractivity contribution in [3.8, 4) is 5.75 Å². The van der Waals surface area contributed by atoms with Gasteiger partial charge in [0.05, 0.1) is 37.1 Å². The smallest absolute Gasteiger partial charge is 0.416 e. The topological polar surface area (TPSA) is 143 Å². The van der Waals surface area contributed by atoms with Gasteiger partial charge in [0.15, 0.2) is 0 Å². The SMILES string of the molecule is CC(C)OC(=O)CCCC=CC[C@@H]1[C@@H](CC[C@H](COc2cccc(C(F)(F)F)c2)OC(=O)C(CO)CO)[C@H](O)C[C@@H]1O. The van der Waals surface area contributed by atoms with E-state index in [9.17, 15) is 43.2 Å². The Morgan fingerprint density at radius 3 is 2.38 bits per heavy atom. The standard InChI is InChI=1S/C30H43F3O9/c1-19(2)41-28(38)11-6-4-3-5-10-24-25(27(37)15-26(24)36)13-12-23(42-29(39)20(16-34)17-35)18-40-22-9-7-8-21(14-22)30(31,32)33/h3,5,7-9,14,19-20,23-27,34-37H,4,6,10-13,15-18H2,1-2H3/t23-,24-,25-,26+,27-/m1/s1. The molecule has 42 heavy (non-hydrogen) atoms. The van der Waals surface area contributed by atoms with Crippen molar-refractivity contribution >= 4 is 11.9 Å². The third-order valence-electron chi connectivity index (χ3n) is 7.19. The van der Waals surface area contributed by atoms with Crippen LogP contribution in [0.3, 0.4) is 0 Å². The number of allylic oxidation sites excluding steroid dienone is 2. The van der Waals surface area contributed by atoms with Crippen LogP contribution >= 0.6 is 0 Å². The second kappa shape index (κ2) is 17.4. The molecule has 2 rings (SSSR count). The molecule has 0 spiro atoms. The summed E-state index contributed by atoms with van der Waals surface area (Å²) in [6, 6.07) is 4.26. The van der Waals surface area contributed by atoms with E-state index in [1.807, 2.05) is 12.2 Å². The number of hydrogen-bond acceptors (Lipinski definition) is 9. The molecule has 1 fully saturated rings. The monoisotopic (exact) mass is 604 g/mol. The van der Waals surface area contributed by atoms with Gasteiger partial charge in [0.25, 0.3) is 0 Å². The van der Waals surface area contributed by atoms with Gasteiger partial charge in [-0.3, -0.25) is 9.59 Å². The fourth-order valence-electron chi connectivity index (χ4n) is 4.94. The van der Waals surface area contributed by atoms with Crippen LogP contribution in [0.1, 0.15) is 64.4 Å². The van der Waals surface area contributed by atoms with Crippen LogP contribution in [0, 0.1) is 17.8 Å². The molecule has 0 heterocycles. The number of benzene rings is 1. The first-order valence-electron chi connectivity index (χ1n) is 14.3. The van der Waals surface area contributed by atoms with Crippen molar-refractivity contribution in [1.29, 1.82) is 0 Å². The second-order valence-electron chi connectivity index (χ2n) is 10.9. The first kappa shape index (κ1) is 35.5. The summed E-state index contributed by atoms with van der Waals surface area (Å²) in [5.74, 6) is -3.06. The van der Waals surface area contributed by atoms with Crippen LogP contribution in [0.5, 0.6) is 5.75 Å². The molecule has 5 atom stereocenters. The first-order valence-corrected chi connectivity index (χ1v) is 14.3. The molecular formula is C30H43F3O9. The van der Waals surface area contributed by atoms with Crippen molar-refractivity contribution in [1.82, 2.24) is 0 Å². The number of carbonyl (C=O) groups excluding carboxylic acids is 2. The minimum Gasteiger partial charge on any atom is -0.490 e. The Bertz CT molecular complexity index is 994. The Kier molecular flexibility index (Phi) is 14.8. The molecule has 0 aromatic heterocycles. The molecule has 4 N–H and O–H groups in total. The maximum absolute atomic E-state index is 13.1. The Balaban J connectivity index is 2.01. The highest BCUT2D eigenvalue weighted by Gasteiger charge is 2.41. The molecule has 1 aliphatic rings. The van der Waals surface area contributed by atoms with E-state index < -0.39 is 55.2 Å². The molecule has 0 amide bonds. The van der Waals surface area contributed by atoms with Crippen LogP contribution in [0.15, 0.2) is 36.4 Å². The summed E-state index contributed by atoms with van der Waals surface area (Å²) in [6.45, 7) is 1.96. The van der Waals surface area contributed by atoms with E-state index in [1.54, 1.807) is 13.8 Å². The van der Waals surface area contributed by atoms with Gasteiger partial charge in [-0.2, -0.15) is 13.2 Å². The lowest BCUT2D eigenvalue weighted by atomic mass is 9.86. The number of aliphatic hydroxyl groups excluding tert-OH is 4. The second-order valence-corrected chi connectivity index (χ2v) is 10.9. The summed E-state index contributed by atoms with van der Waals surface area (Å²) in [5, 5.41) is 39.9. The lowest BCUT2D eigenvalue weighted by Gasteiger charge is -2.26. The van der Waals surface area contributed by atoms with Gasteiger partial charge in [-0.25, -0.2) is 0 Å². The molecule has 1 aromatic carbocycles. The Morgan fingerprint density at radius 1 is 1.05 bits per heavy atom. The maximum atomic E-state index is 13.1. The van der Waals surface area contributed by atoms with Crippen molar-refractivity contribution in [2.24, 2.45) is 17.8 Å². The van der Waals surface area contributed by atoms with E-state index >= 15 is 0 Å². The predicted molar refractivity (Wildman–Crippen MR) is 146 cm³/mol. The van der Waals surface area contributed by atoms with Crippen LogP contribution in [0.2, 0.25) is 0 Å². The summed E-state index contributed by atoms with van der Waals surface area (Å²) in [4.78, 5) is 24.1. The highest BCUT2D eigenvalue weighted by molar-refractivity contribution is 5.72. The van der Waals surface area contributed by atoms with Gasteiger partial charge in [-0.1, -0.05) is 18.2 Å². The fourth-order valence-corrected chi connectivity index (χ4v) is 4.94. The summed E-state index contributed by atoms with van der Waals surface area (Å²) in [5.41, 5.74) is -0.899. The zero-order valence-electron chi connectivity index (χ0n) is 24.0. The number of hydrogen-bond donors (Lipinski definition) is 4. The van der Waals surface area contributed by atoms with Crippen molar-refractivity contribution in [2.45, 2.75) is 89.4 Å². The molecule has 1 aliphatic carbocycles. The van der Waals surface area contributed by atoms with Gasteiger partial charge >= 0.3 is 18.1 Å². The van der Waals surface area contributed by atoms with Gasteiger partial charge in [-0.15, -0.1) is 0 Å². The van der Waals surface area contributed by atoms with Crippen molar-refractivity contribution in [3.05, 3.63) is 42.0 Å². The van der Waals surface area contributed by atoms with E-state index in [0.717, 1.165) is 12.1 Å². The summed E-state index contributed by atoms with van der Waals surface area (Å²) in [6.07, 6.45) is -0.787. The fraction of sp³-hybridized carbons (Fsp3) is 0.667. The zero-order valence-corrected chi connectivity index (χ0v) is 24.0. The number of ether oxygens (including phenoxy) is 3. The molecule has 238 valence electrons. The largest absolute Gasteiger partial charge is 0.490 e. The maximum Gasteiger partial charge on any atom is 0.416 e. The molecule has 0 unspecified atom stereocenters.